The van der Waals surface area contributed by atoms with Crippen molar-refractivity contribution in [3.8, 4) is 22.5 Å². The summed E-state index contributed by atoms with van der Waals surface area (Å²) < 4.78 is 15.3. The van der Waals surface area contributed by atoms with Crippen molar-refractivity contribution in [1.29, 1.82) is 0 Å². The second-order valence-corrected chi connectivity index (χ2v) is 6.76. The molecule has 4 rings (SSSR count). The Morgan fingerprint density at radius 3 is 2.21 bits per heavy atom. The van der Waals surface area contributed by atoms with Crippen molar-refractivity contribution >= 4 is 5.97 Å². The standard InChI is InChI=1S/C24H19FN2O2/c25-21-12-10-19(11-13-21)23-16-22(18-6-8-20(9-7-18)24(28)29)26-27(23)15-14-17-4-2-1-3-5-17/h1-13,16H,14-15H2,(H,28,29). The molecule has 0 aliphatic heterocycles. The number of nitrogens with zero attached hydrogens (tertiary/aromatic N) is 2. The van der Waals surface area contributed by atoms with E-state index in [-0.39, 0.29) is 11.4 Å². The summed E-state index contributed by atoms with van der Waals surface area (Å²) in [7, 11) is 0. The molecular formula is C24H19FN2O2. The number of carboxylic acid groups (broad SMARTS) is 1. The van der Waals surface area contributed by atoms with Crippen LogP contribution in [0.2, 0.25) is 0 Å². The predicted octanol–water partition coefficient (Wildman–Crippen LogP) is 5.30. The lowest BCUT2D eigenvalue weighted by molar-refractivity contribution is 0.0697. The molecule has 0 saturated heterocycles. The zero-order chi connectivity index (χ0) is 20.2. The van der Waals surface area contributed by atoms with Crippen LogP contribution in [0.4, 0.5) is 4.39 Å². The highest BCUT2D eigenvalue weighted by Crippen LogP contribution is 2.27. The Kier molecular flexibility index (Phi) is 5.20. The number of carboxylic acids is 1. The van der Waals surface area contributed by atoms with Gasteiger partial charge in [0.2, 0.25) is 0 Å². The minimum absolute atomic E-state index is 0.232. The zero-order valence-electron chi connectivity index (χ0n) is 15.6. The molecule has 0 radical (unpaired) electrons. The van der Waals surface area contributed by atoms with Crippen LogP contribution in [0.15, 0.2) is 84.9 Å². The molecular weight excluding hydrogens is 367 g/mol. The van der Waals surface area contributed by atoms with Gasteiger partial charge in [-0.1, -0.05) is 42.5 Å². The van der Waals surface area contributed by atoms with E-state index in [1.54, 1.807) is 36.4 Å². The van der Waals surface area contributed by atoms with E-state index in [1.807, 2.05) is 28.9 Å². The van der Waals surface area contributed by atoms with E-state index in [0.717, 1.165) is 28.9 Å². The summed E-state index contributed by atoms with van der Waals surface area (Å²) in [6, 6.07) is 25.1. The summed E-state index contributed by atoms with van der Waals surface area (Å²) in [4.78, 5) is 11.1. The summed E-state index contributed by atoms with van der Waals surface area (Å²) in [5.41, 5.74) is 4.78. The van der Waals surface area contributed by atoms with Crippen LogP contribution in [-0.4, -0.2) is 20.9 Å². The summed E-state index contributed by atoms with van der Waals surface area (Å²) in [5.74, 6) is -1.24. The van der Waals surface area contributed by atoms with E-state index < -0.39 is 5.97 Å². The van der Waals surface area contributed by atoms with Gasteiger partial charge in [0.25, 0.3) is 0 Å². The van der Waals surface area contributed by atoms with E-state index in [4.69, 9.17) is 10.2 Å². The summed E-state index contributed by atoms with van der Waals surface area (Å²) in [6.07, 6.45) is 0.814. The van der Waals surface area contributed by atoms with Crippen molar-refractivity contribution in [2.45, 2.75) is 13.0 Å². The Hall–Kier alpha value is -3.73. The number of hydrogen-bond acceptors (Lipinski definition) is 2. The highest BCUT2D eigenvalue weighted by Gasteiger charge is 2.13. The first kappa shape index (κ1) is 18.6. The van der Waals surface area contributed by atoms with Crippen molar-refractivity contribution in [2.24, 2.45) is 0 Å². The van der Waals surface area contributed by atoms with Gasteiger partial charge in [0.15, 0.2) is 0 Å². The van der Waals surface area contributed by atoms with Gasteiger partial charge >= 0.3 is 5.97 Å². The molecule has 0 fully saturated rings. The summed E-state index contributed by atoms with van der Waals surface area (Å²) >= 11 is 0. The Morgan fingerprint density at radius 1 is 0.897 bits per heavy atom. The average molecular weight is 386 g/mol. The lowest BCUT2D eigenvalue weighted by Crippen LogP contribution is -2.05. The minimum Gasteiger partial charge on any atom is -0.478 e. The lowest BCUT2D eigenvalue weighted by atomic mass is 10.1. The molecule has 0 aliphatic rings. The Bertz CT molecular complexity index is 1120. The number of rotatable bonds is 6. The average Bonchev–Trinajstić information content (AvgIpc) is 3.18. The molecule has 1 heterocycles. The second kappa shape index (κ2) is 8.10. The Labute approximate surface area is 167 Å². The minimum atomic E-state index is -0.961. The van der Waals surface area contributed by atoms with Crippen molar-refractivity contribution in [1.82, 2.24) is 9.78 Å². The topological polar surface area (TPSA) is 55.1 Å². The number of aryl methyl sites for hydroxylation is 2. The third kappa shape index (κ3) is 4.24. The van der Waals surface area contributed by atoms with Crippen LogP contribution in [0.3, 0.4) is 0 Å². The lowest BCUT2D eigenvalue weighted by Gasteiger charge is -2.08. The highest BCUT2D eigenvalue weighted by molar-refractivity contribution is 5.88. The molecule has 144 valence electrons. The van der Waals surface area contributed by atoms with Crippen molar-refractivity contribution < 1.29 is 14.3 Å². The van der Waals surface area contributed by atoms with E-state index >= 15 is 0 Å². The van der Waals surface area contributed by atoms with Crippen LogP contribution in [0.5, 0.6) is 0 Å². The maximum absolute atomic E-state index is 13.4. The van der Waals surface area contributed by atoms with Gasteiger partial charge in [0.1, 0.15) is 5.82 Å². The van der Waals surface area contributed by atoms with Gasteiger partial charge < -0.3 is 5.11 Å². The van der Waals surface area contributed by atoms with Gasteiger partial charge in [0.05, 0.1) is 17.0 Å². The molecule has 0 aliphatic carbocycles. The van der Waals surface area contributed by atoms with Crippen LogP contribution in [0.1, 0.15) is 15.9 Å². The molecule has 5 heteroatoms. The fourth-order valence-electron chi connectivity index (χ4n) is 3.24. The van der Waals surface area contributed by atoms with Gasteiger partial charge in [-0.05, 0) is 54.4 Å². The van der Waals surface area contributed by atoms with Gasteiger partial charge in [-0.2, -0.15) is 5.10 Å². The van der Waals surface area contributed by atoms with Crippen molar-refractivity contribution in [2.75, 3.05) is 0 Å². The summed E-state index contributed by atoms with van der Waals surface area (Å²) in [6.45, 7) is 0.671. The largest absolute Gasteiger partial charge is 0.478 e. The first-order valence-electron chi connectivity index (χ1n) is 9.31. The SMILES string of the molecule is O=C(O)c1ccc(-c2cc(-c3ccc(F)cc3)n(CCc3ccccc3)n2)cc1. The van der Waals surface area contributed by atoms with Crippen LogP contribution in [0.25, 0.3) is 22.5 Å². The number of aromatic nitrogens is 2. The highest BCUT2D eigenvalue weighted by atomic mass is 19.1. The summed E-state index contributed by atoms with van der Waals surface area (Å²) in [5, 5.41) is 13.8. The molecule has 29 heavy (non-hydrogen) atoms. The molecule has 0 unspecified atom stereocenters. The van der Waals surface area contributed by atoms with Crippen molar-refractivity contribution in [3.05, 3.63) is 102 Å². The number of carbonyl (C=O) groups is 1. The molecule has 0 bridgehead atoms. The Morgan fingerprint density at radius 2 is 1.55 bits per heavy atom. The molecule has 4 aromatic rings. The molecule has 0 amide bonds. The molecule has 0 saturated carbocycles. The third-order valence-corrected chi connectivity index (χ3v) is 4.80. The third-order valence-electron chi connectivity index (χ3n) is 4.80. The van der Waals surface area contributed by atoms with Gasteiger partial charge in [-0.25, -0.2) is 9.18 Å². The van der Waals surface area contributed by atoms with Gasteiger partial charge in [-0.3, -0.25) is 4.68 Å². The number of benzene rings is 3. The second-order valence-electron chi connectivity index (χ2n) is 6.76. The quantitative estimate of drug-likeness (QED) is 0.489. The van der Waals surface area contributed by atoms with Gasteiger partial charge in [-0.15, -0.1) is 0 Å². The van der Waals surface area contributed by atoms with Crippen LogP contribution >= 0.6 is 0 Å². The molecule has 0 spiro atoms. The van der Waals surface area contributed by atoms with E-state index in [1.165, 1.54) is 17.7 Å². The normalized spacial score (nSPS) is 10.8. The zero-order valence-corrected chi connectivity index (χ0v) is 15.6. The number of hydrogen-bond donors (Lipinski definition) is 1. The molecule has 1 aromatic heterocycles. The molecule has 1 N–H and O–H groups in total. The monoisotopic (exact) mass is 386 g/mol. The van der Waals surface area contributed by atoms with E-state index in [2.05, 4.69) is 12.1 Å². The number of aromatic carboxylic acids is 1. The fraction of sp³-hybridized carbons (Fsp3) is 0.0833. The first-order chi connectivity index (χ1) is 14.1. The number of halogens is 1. The van der Waals surface area contributed by atoms with E-state index in [9.17, 15) is 9.18 Å². The van der Waals surface area contributed by atoms with Gasteiger partial charge in [0, 0.05) is 17.7 Å². The molecule has 3 aromatic carbocycles. The predicted molar refractivity (Wildman–Crippen MR) is 110 cm³/mol. The van der Waals surface area contributed by atoms with Crippen LogP contribution in [-0.2, 0) is 13.0 Å². The van der Waals surface area contributed by atoms with Crippen LogP contribution < -0.4 is 0 Å². The fourth-order valence-corrected chi connectivity index (χ4v) is 3.24. The first-order valence-corrected chi connectivity index (χ1v) is 9.31. The van der Waals surface area contributed by atoms with Crippen LogP contribution in [0, 0.1) is 5.82 Å². The maximum atomic E-state index is 13.4. The molecule has 4 nitrogen and oxygen atoms in total. The molecule has 0 atom stereocenters. The van der Waals surface area contributed by atoms with E-state index in [0.29, 0.717) is 6.54 Å². The maximum Gasteiger partial charge on any atom is 0.335 e. The van der Waals surface area contributed by atoms with Crippen molar-refractivity contribution in [3.63, 3.8) is 0 Å². The Balaban J connectivity index is 1.69. The smallest absolute Gasteiger partial charge is 0.335 e.